The van der Waals surface area contributed by atoms with Crippen LogP contribution in [-0.4, -0.2) is 60.6 Å². The zero-order valence-electron chi connectivity index (χ0n) is 19.3. The topological polar surface area (TPSA) is 73.3 Å². The van der Waals surface area contributed by atoms with Crippen molar-refractivity contribution in [3.8, 4) is 17.2 Å². The number of rotatable bonds is 12. The van der Waals surface area contributed by atoms with Crippen LogP contribution in [0.15, 0.2) is 17.1 Å². The lowest BCUT2D eigenvalue weighted by molar-refractivity contribution is 0.105. The van der Waals surface area contributed by atoms with E-state index in [0.29, 0.717) is 22.7 Å². The predicted molar refractivity (Wildman–Crippen MR) is 121 cm³/mol. The van der Waals surface area contributed by atoms with Gasteiger partial charge in [0.1, 0.15) is 0 Å². The first-order chi connectivity index (χ1) is 14.6. The predicted octanol–water partition coefficient (Wildman–Crippen LogP) is 3.41. The third-order valence-electron chi connectivity index (χ3n) is 5.97. The Hall–Kier alpha value is -2.15. The molecule has 0 saturated heterocycles. The lowest BCUT2D eigenvalue weighted by Gasteiger charge is -2.30. The largest absolute Gasteiger partial charge is 0.493 e. The number of hydrogen-bond acceptors (Lipinski definition) is 5. The number of methoxy groups -OCH3 is 3. The fourth-order valence-electron chi connectivity index (χ4n) is 4.24. The van der Waals surface area contributed by atoms with Gasteiger partial charge in [-0.25, -0.2) is 0 Å². The fourth-order valence-corrected chi connectivity index (χ4v) is 4.24. The monoisotopic (exact) mass is 421 g/mol. The van der Waals surface area contributed by atoms with Crippen LogP contribution >= 0.6 is 0 Å². The Morgan fingerprint density at radius 3 is 2.37 bits per heavy atom. The number of aliphatic imine (C=N–C) groups is 1. The molecular weight excluding hydrogens is 382 g/mol. The normalized spacial score (nSPS) is 15.7. The molecule has 0 radical (unpaired) electrons. The molecule has 1 aliphatic rings. The van der Waals surface area contributed by atoms with Crippen LogP contribution in [0, 0.1) is 5.41 Å². The summed E-state index contributed by atoms with van der Waals surface area (Å²) < 4.78 is 22.0. The summed E-state index contributed by atoms with van der Waals surface area (Å²) in [5, 5.41) is 6.97. The van der Waals surface area contributed by atoms with Gasteiger partial charge in [0, 0.05) is 38.9 Å². The van der Waals surface area contributed by atoms with Gasteiger partial charge < -0.3 is 29.6 Å². The molecule has 1 fully saturated rings. The molecule has 2 N–H and O–H groups in total. The van der Waals surface area contributed by atoms with Gasteiger partial charge in [-0.3, -0.25) is 4.99 Å². The molecule has 0 amide bonds. The number of guanidine groups is 1. The molecule has 2 rings (SSSR count). The molecule has 0 heterocycles. The molecular formula is C23H39N3O4. The first-order valence-corrected chi connectivity index (χ1v) is 10.9. The minimum absolute atomic E-state index is 0.319. The first-order valence-electron chi connectivity index (χ1n) is 10.9. The Kier molecular flexibility index (Phi) is 10.1. The molecule has 1 aromatic rings. The van der Waals surface area contributed by atoms with Crippen LogP contribution in [0.4, 0.5) is 0 Å². The van der Waals surface area contributed by atoms with Crippen LogP contribution in [0.2, 0.25) is 0 Å². The van der Waals surface area contributed by atoms with Crippen molar-refractivity contribution in [3.63, 3.8) is 0 Å². The van der Waals surface area contributed by atoms with Gasteiger partial charge in [-0.15, -0.1) is 0 Å². The van der Waals surface area contributed by atoms with Crippen molar-refractivity contribution >= 4 is 5.96 Å². The SMILES string of the molecule is CCOCCC1(CNC(=NC)NCCc2ccc(OC)c(OC)c2OC)CCCC1. The molecule has 0 unspecified atom stereocenters. The summed E-state index contributed by atoms with van der Waals surface area (Å²) >= 11 is 0. The van der Waals surface area contributed by atoms with Gasteiger partial charge in [-0.2, -0.15) is 0 Å². The molecule has 1 aromatic carbocycles. The maximum atomic E-state index is 5.62. The van der Waals surface area contributed by atoms with Gasteiger partial charge >= 0.3 is 0 Å². The Bertz CT molecular complexity index is 673. The van der Waals surface area contributed by atoms with Gasteiger partial charge in [-0.1, -0.05) is 18.9 Å². The lowest BCUT2D eigenvalue weighted by Crippen LogP contribution is -2.44. The molecule has 170 valence electrons. The fraction of sp³-hybridized carbons (Fsp3) is 0.696. The molecule has 30 heavy (non-hydrogen) atoms. The number of hydrogen-bond donors (Lipinski definition) is 2. The molecule has 1 saturated carbocycles. The highest BCUT2D eigenvalue weighted by molar-refractivity contribution is 5.79. The summed E-state index contributed by atoms with van der Waals surface area (Å²) in [6, 6.07) is 3.92. The van der Waals surface area contributed by atoms with E-state index in [1.807, 2.05) is 19.2 Å². The first kappa shape index (κ1) is 24.1. The molecule has 0 spiro atoms. The highest BCUT2D eigenvalue weighted by Crippen LogP contribution is 2.41. The maximum Gasteiger partial charge on any atom is 0.203 e. The van der Waals surface area contributed by atoms with Crippen molar-refractivity contribution < 1.29 is 18.9 Å². The third kappa shape index (κ3) is 6.42. The quantitative estimate of drug-likeness (QED) is 0.306. The van der Waals surface area contributed by atoms with Crippen molar-refractivity contribution in [2.45, 2.75) is 45.4 Å². The molecule has 0 aromatic heterocycles. The minimum atomic E-state index is 0.319. The Balaban J connectivity index is 1.90. The summed E-state index contributed by atoms with van der Waals surface area (Å²) in [6.45, 7) is 5.34. The van der Waals surface area contributed by atoms with Crippen molar-refractivity contribution in [2.75, 3.05) is 54.7 Å². The third-order valence-corrected chi connectivity index (χ3v) is 5.97. The van der Waals surface area contributed by atoms with Crippen LogP contribution < -0.4 is 24.8 Å². The van der Waals surface area contributed by atoms with E-state index in [-0.39, 0.29) is 0 Å². The number of benzene rings is 1. The van der Waals surface area contributed by atoms with Crippen molar-refractivity contribution in [1.82, 2.24) is 10.6 Å². The van der Waals surface area contributed by atoms with Crippen molar-refractivity contribution in [3.05, 3.63) is 17.7 Å². The van der Waals surface area contributed by atoms with Gasteiger partial charge in [-0.05, 0) is 44.1 Å². The van der Waals surface area contributed by atoms with E-state index in [0.717, 1.165) is 50.7 Å². The zero-order chi connectivity index (χ0) is 21.8. The van der Waals surface area contributed by atoms with E-state index >= 15 is 0 Å². The second-order valence-corrected chi connectivity index (χ2v) is 7.75. The molecule has 1 aliphatic carbocycles. The lowest BCUT2D eigenvalue weighted by atomic mass is 9.83. The molecule has 0 aliphatic heterocycles. The summed E-state index contributed by atoms with van der Waals surface area (Å²) in [5.41, 5.74) is 1.38. The van der Waals surface area contributed by atoms with Crippen molar-refractivity contribution in [2.24, 2.45) is 10.4 Å². The molecule has 7 nitrogen and oxygen atoms in total. The summed E-state index contributed by atoms with van der Waals surface area (Å²) in [7, 11) is 6.71. The molecule has 7 heteroatoms. The highest BCUT2D eigenvalue weighted by atomic mass is 16.5. The summed E-state index contributed by atoms with van der Waals surface area (Å²) in [6.07, 6.45) is 7.01. The van der Waals surface area contributed by atoms with Crippen LogP contribution in [0.25, 0.3) is 0 Å². The standard InChI is InChI=1S/C23H39N3O4/c1-6-30-16-14-23(12-7-8-13-23)17-26-22(24-2)25-15-11-18-9-10-19(27-3)21(29-5)20(18)28-4/h9-10H,6-8,11-17H2,1-5H3,(H2,24,25,26). The van der Waals surface area contributed by atoms with E-state index in [2.05, 4.69) is 22.5 Å². The molecule has 0 bridgehead atoms. The van der Waals surface area contributed by atoms with Gasteiger partial charge in [0.2, 0.25) is 5.75 Å². The van der Waals surface area contributed by atoms with Crippen LogP contribution in [-0.2, 0) is 11.2 Å². The van der Waals surface area contributed by atoms with E-state index in [9.17, 15) is 0 Å². The summed E-state index contributed by atoms with van der Waals surface area (Å²) in [5.74, 6) is 2.83. The van der Waals surface area contributed by atoms with E-state index in [4.69, 9.17) is 18.9 Å². The smallest absolute Gasteiger partial charge is 0.203 e. The Morgan fingerprint density at radius 1 is 1.03 bits per heavy atom. The number of ether oxygens (including phenoxy) is 4. The van der Waals surface area contributed by atoms with Crippen molar-refractivity contribution in [1.29, 1.82) is 0 Å². The average Bonchev–Trinajstić information content (AvgIpc) is 3.24. The van der Waals surface area contributed by atoms with Gasteiger partial charge in [0.25, 0.3) is 0 Å². The Labute approximate surface area is 181 Å². The van der Waals surface area contributed by atoms with Gasteiger partial charge in [0.15, 0.2) is 17.5 Å². The van der Waals surface area contributed by atoms with Crippen LogP contribution in [0.1, 0.15) is 44.6 Å². The van der Waals surface area contributed by atoms with E-state index in [1.54, 1.807) is 21.3 Å². The average molecular weight is 422 g/mol. The number of nitrogens with one attached hydrogen (secondary N) is 2. The maximum absolute atomic E-state index is 5.62. The minimum Gasteiger partial charge on any atom is -0.493 e. The number of nitrogens with zero attached hydrogens (tertiary/aromatic N) is 1. The second kappa shape index (κ2) is 12.5. The highest BCUT2D eigenvalue weighted by Gasteiger charge is 2.33. The van der Waals surface area contributed by atoms with E-state index in [1.165, 1.54) is 25.7 Å². The molecule has 0 atom stereocenters. The summed E-state index contributed by atoms with van der Waals surface area (Å²) in [4.78, 5) is 4.40. The Morgan fingerprint density at radius 2 is 1.77 bits per heavy atom. The zero-order valence-corrected chi connectivity index (χ0v) is 19.3. The van der Waals surface area contributed by atoms with Gasteiger partial charge in [0.05, 0.1) is 21.3 Å². The van der Waals surface area contributed by atoms with Crippen LogP contribution in [0.5, 0.6) is 17.2 Å². The van der Waals surface area contributed by atoms with Crippen LogP contribution in [0.3, 0.4) is 0 Å². The second-order valence-electron chi connectivity index (χ2n) is 7.75. The van der Waals surface area contributed by atoms with E-state index < -0.39 is 0 Å².